The van der Waals surface area contributed by atoms with Gasteiger partial charge < -0.3 is 20.4 Å². The van der Waals surface area contributed by atoms with E-state index in [4.69, 9.17) is 4.42 Å². The first-order valence-electron chi connectivity index (χ1n) is 10.0. The van der Waals surface area contributed by atoms with Crippen LogP contribution >= 0.6 is 0 Å². The zero-order valence-corrected chi connectivity index (χ0v) is 17.0. The predicted molar refractivity (Wildman–Crippen MR) is 114 cm³/mol. The van der Waals surface area contributed by atoms with Crippen molar-refractivity contribution < 1.29 is 13.6 Å². The van der Waals surface area contributed by atoms with Gasteiger partial charge in [-0.15, -0.1) is 10.2 Å². The first kappa shape index (κ1) is 21.4. The maximum atomic E-state index is 12.9. The number of halogens is 1. The highest BCUT2D eigenvalue weighted by molar-refractivity contribution is 5.89. The van der Waals surface area contributed by atoms with Crippen LogP contribution in [-0.2, 0) is 6.42 Å². The summed E-state index contributed by atoms with van der Waals surface area (Å²) in [4.78, 5) is 12.1. The number of urea groups is 1. The average Bonchev–Trinajstić information content (AvgIpc) is 3.18. The SMILES string of the molecule is Cc1nnc(-c2cccc(NC(=O)NCCCCNCCc3ccc(F)cc3)c2)o1. The molecule has 7 nitrogen and oxygen atoms in total. The summed E-state index contributed by atoms with van der Waals surface area (Å²) < 4.78 is 18.3. The number of benzene rings is 2. The lowest BCUT2D eigenvalue weighted by molar-refractivity contribution is 0.252. The molecular formula is C22H26FN5O2. The van der Waals surface area contributed by atoms with Gasteiger partial charge >= 0.3 is 6.03 Å². The Morgan fingerprint density at radius 1 is 1.03 bits per heavy atom. The van der Waals surface area contributed by atoms with Gasteiger partial charge in [-0.3, -0.25) is 0 Å². The molecule has 0 aliphatic carbocycles. The molecule has 0 bridgehead atoms. The maximum absolute atomic E-state index is 12.9. The molecular weight excluding hydrogens is 385 g/mol. The normalized spacial score (nSPS) is 10.7. The number of hydrogen-bond acceptors (Lipinski definition) is 5. The summed E-state index contributed by atoms with van der Waals surface area (Å²) in [5.74, 6) is 0.701. The Morgan fingerprint density at radius 2 is 1.83 bits per heavy atom. The Hall–Kier alpha value is -3.26. The maximum Gasteiger partial charge on any atom is 0.319 e. The molecule has 0 fully saturated rings. The minimum Gasteiger partial charge on any atom is -0.421 e. The van der Waals surface area contributed by atoms with Crippen LogP contribution < -0.4 is 16.0 Å². The predicted octanol–water partition coefficient (Wildman–Crippen LogP) is 3.92. The van der Waals surface area contributed by atoms with E-state index in [0.29, 0.717) is 24.0 Å². The molecule has 1 heterocycles. The number of nitrogens with zero attached hydrogens (tertiary/aromatic N) is 2. The van der Waals surface area contributed by atoms with Crippen molar-refractivity contribution in [1.29, 1.82) is 0 Å². The lowest BCUT2D eigenvalue weighted by Gasteiger charge is -2.09. The highest BCUT2D eigenvalue weighted by Crippen LogP contribution is 2.21. The molecule has 30 heavy (non-hydrogen) atoms. The van der Waals surface area contributed by atoms with E-state index in [1.54, 1.807) is 31.2 Å². The van der Waals surface area contributed by atoms with E-state index in [2.05, 4.69) is 26.1 Å². The van der Waals surface area contributed by atoms with Gasteiger partial charge in [0.25, 0.3) is 0 Å². The fourth-order valence-electron chi connectivity index (χ4n) is 2.90. The molecule has 158 valence electrons. The van der Waals surface area contributed by atoms with Crippen LogP contribution in [0.5, 0.6) is 0 Å². The number of rotatable bonds is 10. The Morgan fingerprint density at radius 3 is 2.60 bits per heavy atom. The zero-order chi connectivity index (χ0) is 21.2. The molecule has 3 rings (SSSR count). The fourth-order valence-corrected chi connectivity index (χ4v) is 2.90. The van der Waals surface area contributed by atoms with Crippen LogP contribution in [0.15, 0.2) is 52.9 Å². The Bertz CT molecular complexity index is 943. The molecule has 0 spiro atoms. The van der Waals surface area contributed by atoms with Crippen LogP contribution in [0.3, 0.4) is 0 Å². The number of nitrogens with one attached hydrogen (secondary N) is 3. The molecule has 0 saturated heterocycles. The van der Waals surface area contributed by atoms with Gasteiger partial charge in [-0.2, -0.15) is 0 Å². The smallest absolute Gasteiger partial charge is 0.319 e. The summed E-state index contributed by atoms with van der Waals surface area (Å²) in [6.07, 6.45) is 2.69. The van der Waals surface area contributed by atoms with Crippen LogP contribution in [0, 0.1) is 12.7 Å². The van der Waals surface area contributed by atoms with Gasteiger partial charge in [-0.1, -0.05) is 18.2 Å². The molecule has 0 aliphatic heterocycles. The fraction of sp³-hybridized carbons (Fsp3) is 0.318. The number of aromatic nitrogens is 2. The van der Waals surface area contributed by atoms with Gasteiger partial charge in [-0.05, 0) is 68.2 Å². The summed E-state index contributed by atoms with van der Waals surface area (Å²) >= 11 is 0. The second kappa shape index (κ2) is 11.1. The third-order valence-corrected chi connectivity index (χ3v) is 4.46. The topological polar surface area (TPSA) is 92.1 Å². The number of aryl methyl sites for hydroxylation is 1. The average molecular weight is 411 g/mol. The number of amides is 2. The number of carbonyl (C=O) groups is 1. The largest absolute Gasteiger partial charge is 0.421 e. The monoisotopic (exact) mass is 411 g/mol. The number of hydrogen-bond donors (Lipinski definition) is 3. The first-order chi connectivity index (χ1) is 14.6. The van der Waals surface area contributed by atoms with Gasteiger partial charge in [0.05, 0.1) is 0 Å². The molecule has 3 aromatic rings. The van der Waals surface area contributed by atoms with Crippen molar-refractivity contribution in [2.24, 2.45) is 0 Å². The lowest BCUT2D eigenvalue weighted by atomic mass is 10.1. The highest BCUT2D eigenvalue weighted by Gasteiger charge is 2.08. The Balaban J connectivity index is 1.27. The van der Waals surface area contributed by atoms with Gasteiger partial charge in [0.1, 0.15) is 5.82 Å². The van der Waals surface area contributed by atoms with Crippen molar-refractivity contribution in [3.8, 4) is 11.5 Å². The summed E-state index contributed by atoms with van der Waals surface area (Å²) in [6.45, 7) is 4.03. The summed E-state index contributed by atoms with van der Waals surface area (Å²) in [5, 5.41) is 16.8. The molecule has 0 radical (unpaired) electrons. The van der Waals surface area contributed by atoms with E-state index < -0.39 is 0 Å². The highest BCUT2D eigenvalue weighted by atomic mass is 19.1. The minimum absolute atomic E-state index is 0.210. The van der Waals surface area contributed by atoms with Crippen LogP contribution in [0.25, 0.3) is 11.5 Å². The van der Waals surface area contributed by atoms with Crippen molar-refractivity contribution in [3.63, 3.8) is 0 Å². The molecule has 8 heteroatoms. The van der Waals surface area contributed by atoms with Crippen molar-refractivity contribution >= 4 is 11.7 Å². The number of carbonyl (C=O) groups excluding carboxylic acids is 1. The van der Waals surface area contributed by atoms with Gasteiger partial charge in [0.15, 0.2) is 0 Å². The number of unbranched alkanes of at least 4 members (excludes halogenated alkanes) is 1. The lowest BCUT2D eigenvalue weighted by Crippen LogP contribution is -2.30. The minimum atomic E-state index is -0.252. The van der Waals surface area contributed by atoms with Gasteiger partial charge in [0, 0.05) is 24.7 Å². The van der Waals surface area contributed by atoms with E-state index in [1.165, 1.54) is 12.1 Å². The molecule has 0 saturated carbocycles. The van der Waals surface area contributed by atoms with Crippen molar-refractivity contribution in [2.45, 2.75) is 26.2 Å². The Kier molecular flexibility index (Phi) is 7.91. The Labute approximate surface area is 175 Å². The van der Waals surface area contributed by atoms with Crippen LogP contribution in [0.1, 0.15) is 24.3 Å². The third-order valence-electron chi connectivity index (χ3n) is 4.46. The van der Waals surface area contributed by atoms with E-state index in [-0.39, 0.29) is 11.8 Å². The number of anilines is 1. The van der Waals surface area contributed by atoms with E-state index in [9.17, 15) is 9.18 Å². The standard InChI is InChI=1S/C22H26FN5O2/c1-16-27-28-21(30-16)18-5-4-6-20(15-18)26-22(29)25-13-3-2-12-24-14-11-17-7-9-19(23)10-8-17/h4-10,15,24H,2-3,11-14H2,1H3,(H2,25,26,29). The molecule has 0 unspecified atom stereocenters. The summed E-state index contributed by atoms with van der Waals surface area (Å²) in [6, 6.07) is 13.6. The summed E-state index contributed by atoms with van der Waals surface area (Å²) in [7, 11) is 0. The summed E-state index contributed by atoms with van der Waals surface area (Å²) in [5.41, 5.74) is 2.52. The molecule has 3 N–H and O–H groups in total. The third kappa shape index (κ3) is 6.97. The first-order valence-corrected chi connectivity index (χ1v) is 10.0. The van der Waals surface area contributed by atoms with E-state index in [1.807, 2.05) is 12.1 Å². The van der Waals surface area contributed by atoms with Crippen LogP contribution in [-0.4, -0.2) is 35.9 Å². The van der Waals surface area contributed by atoms with E-state index in [0.717, 1.165) is 43.5 Å². The second-order valence-electron chi connectivity index (χ2n) is 6.92. The van der Waals surface area contributed by atoms with Crippen LogP contribution in [0.4, 0.5) is 14.9 Å². The van der Waals surface area contributed by atoms with Crippen LogP contribution in [0.2, 0.25) is 0 Å². The molecule has 2 amide bonds. The van der Waals surface area contributed by atoms with Crippen molar-refractivity contribution in [3.05, 3.63) is 65.8 Å². The van der Waals surface area contributed by atoms with Crippen molar-refractivity contribution in [2.75, 3.05) is 25.0 Å². The molecule has 0 aliphatic rings. The van der Waals surface area contributed by atoms with Crippen molar-refractivity contribution in [1.82, 2.24) is 20.8 Å². The second-order valence-corrected chi connectivity index (χ2v) is 6.92. The molecule has 0 atom stereocenters. The van der Waals surface area contributed by atoms with Gasteiger partial charge in [0.2, 0.25) is 11.8 Å². The zero-order valence-electron chi connectivity index (χ0n) is 17.0. The van der Waals surface area contributed by atoms with E-state index >= 15 is 0 Å². The van der Waals surface area contributed by atoms with Gasteiger partial charge in [-0.25, -0.2) is 9.18 Å². The molecule has 1 aromatic heterocycles. The quantitative estimate of drug-likeness (QED) is 0.440. The molecule has 2 aromatic carbocycles.